The van der Waals surface area contributed by atoms with Crippen LogP contribution in [0.15, 0.2) is 103 Å². The first-order valence-electron chi connectivity index (χ1n) is 14.9. The van der Waals surface area contributed by atoms with Crippen molar-refractivity contribution in [1.29, 1.82) is 0 Å². The predicted molar refractivity (Wildman–Crippen MR) is 172 cm³/mol. The van der Waals surface area contributed by atoms with E-state index >= 15 is 0 Å². The second-order valence-electron chi connectivity index (χ2n) is 11.8. The van der Waals surface area contributed by atoms with Crippen molar-refractivity contribution in [3.05, 3.63) is 131 Å². The molecule has 2 aliphatic rings. The highest BCUT2D eigenvalue weighted by Gasteiger charge is 2.44. The van der Waals surface area contributed by atoms with E-state index < -0.39 is 5.60 Å². The Morgan fingerprint density at radius 3 is 2.07 bits per heavy atom. The first-order chi connectivity index (χ1) is 20.5. The summed E-state index contributed by atoms with van der Waals surface area (Å²) in [6, 6.07) is 34.1. The van der Waals surface area contributed by atoms with E-state index in [0.717, 1.165) is 58.8 Å². The van der Waals surface area contributed by atoms with Crippen LogP contribution < -0.4 is 14.2 Å². The Hall–Kier alpha value is -4.50. The Labute approximate surface area is 248 Å². The molecule has 5 aromatic rings. The molecule has 0 saturated heterocycles. The van der Waals surface area contributed by atoms with Gasteiger partial charge in [0.1, 0.15) is 17.2 Å². The Kier molecular flexibility index (Phi) is 6.35. The molecule has 1 aliphatic heterocycles. The highest BCUT2D eigenvalue weighted by molar-refractivity contribution is 6.08. The molecule has 0 saturated carbocycles. The van der Waals surface area contributed by atoms with Crippen molar-refractivity contribution in [2.24, 2.45) is 0 Å². The van der Waals surface area contributed by atoms with Gasteiger partial charge in [-0.3, -0.25) is 0 Å². The van der Waals surface area contributed by atoms with Crippen molar-refractivity contribution in [2.45, 2.75) is 44.6 Å². The highest BCUT2D eigenvalue weighted by Crippen LogP contribution is 2.58. The minimum absolute atomic E-state index is 0.161. The summed E-state index contributed by atoms with van der Waals surface area (Å²) in [5.41, 5.74) is 7.59. The summed E-state index contributed by atoms with van der Waals surface area (Å²) in [4.78, 5) is 0. The summed E-state index contributed by atoms with van der Waals surface area (Å²) in [6.07, 6.45) is 6.68. The molecule has 0 amide bonds. The van der Waals surface area contributed by atoms with Gasteiger partial charge in [0.15, 0.2) is 5.60 Å². The van der Waals surface area contributed by atoms with E-state index in [1.807, 2.05) is 12.1 Å². The molecule has 1 aliphatic carbocycles. The molecule has 0 spiro atoms. The number of fused-ring (bicyclic) bond motifs is 8. The van der Waals surface area contributed by atoms with Gasteiger partial charge in [0, 0.05) is 27.5 Å². The molecule has 0 aromatic heterocycles. The summed E-state index contributed by atoms with van der Waals surface area (Å²) in [6.45, 7) is 7.57. The average molecular weight is 553 g/mol. The van der Waals surface area contributed by atoms with Gasteiger partial charge in [0.2, 0.25) is 0 Å². The average Bonchev–Trinajstić information content (AvgIpc) is 3.28. The van der Waals surface area contributed by atoms with Crippen molar-refractivity contribution in [3.63, 3.8) is 0 Å². The third-order valence-corrected chi connectivity index (χ3v) is 9.02. The molecule has 42 heavy (non-hydrogen) atoms. The molecule has 0 bridgehead atoms. The Balaban J connectivity index is 1.44. The molecular weight excluding hydrogens is 516 g/mol. The van der Waals surface area contributed by atoms with Crippen LogP contribution in [-0.2, 0) is 11.0 Å². The number of benzene rings is 5. The van der Waals surface area contributed by atoms with Crippen molar-refractivity contribution in [2.75, 3.05) is 13.7 Å². The van der Waals surface area contributed by atoms with Crippen LogP contribution in [0, 0.1) is 0 Å². The topological polar surface area (TPSA) is 27.7 Å². The van der Waals surface area contributed by atoms with Crippen LogP contribution in [-0.4, -0.2) is 13.7 Å². The lowest BCUT2D eigenvalue weighted by Crippen LogP contribution is -2.35. The Bertz CT molecular complexity index is 1810. The molecule has 0 N–H and O–H groups in total. The molecule has 0 radical (unpaired) electrons. The summed E-state index contributed by atoms with van der Waals surface area (Å²) in [5, 5.41) is 2.35. The van der Waals surface area contributed by atoms with Crippen LogP contribution >= 0.6 is 0 Å². The van der Waals surface area contributed by atoms with Crippen LogP contribution in [0.4, 0.5) is 0 Å². The van der Waals surface area contributed by atoms with Crippen LogP contribution in [0.25, 0.3) is 28.0 Å². The first-order valence-corrected chi connectivity index (χ1v) is 14.9. The third kappa shape index (κ3) is 3.94. The standard InChI is InChI=1S/C39H36O3/c1-5-6-25-41-29-21-17-27(18-22-29)39(26-15-19-28(40-4)20-16-26)24-23-33-36-35(30-11-7-8-12-31(30)37(33)42-39)32-13-9-10-14-34(32)38(36,2)3/h7-24H,5-6,25H2,1-4H3. The normalized spacial score (nSPS) is 17.7. The molecule has 7 rings (SSSR count). The Morgan fingerprint density at radius 2 is 1.38 bits per heavy atom. The zero-order chi connectivity index (χ0) is 28.9. The summed E-state index contributed by atoms with van der Waals surface area (Å²) >= 11 is 0. The Morgan fingerprint density at radius 1 is 0.738 bits per heavy atom. The monoisotopic (exact) mass is 552 g/mol. The zero-order valence-corrected chi connectivity index (χ0v) is 24.7. The zero-order valence-electron chi connectivity index (χ0n) is 24.7. The van der Waals surface area contributed by atoms with E-state index in [2.05, 4.69) is 118 Å². The summed E-state index contributed by atoms with van der Waals surface area (Å²) in [7, 11) is 1.70. The largest absolute Gasteiger partial charge is 0.497 e. The molecule has 1 unspecified atom stereocenters. The maximum absolute atomic E-state index is 7.37. The van der Waals surface area contributed by atoms with Gasteiger partial charge in [0.05, 0.1) is 13.7 Å². The fourth-order valence-corrected chi connectivity index (χ4v) is 6.85. The van der Waals surface area contributed by atoms with Gasteiger partial charge >= 0.3 is 0 Å². The smallest absolute Gasteiger partial charge is 0.178 e. The van der Waals surface area contributed by atoms with Gasteiger partial charge in [0.25, 0.3) is 0 Å². The predicted octanol–water partition coefficient (Wildman–Crippen LogP) is 9.68. The van der Waals surface area contributed by atoms with Crippen molar-refractivity contribution < 1.29 is 14.2 Å². The van der Waals surface area contributed by atoms with Gasteiger partial charge in [-0.15, -0.1) is 0 Å². The summed E-state index contributed by atoms with van der Waals surface area (Å²) in [5.74, 6) is 2.61. The van der Waals surface area contributed by atoms with Gasteiger partial charge < -0.3 is 14.2 Å². The number of methoxy groups -OCH3 is 1. The minimum atomic E-state index is -0.826. The first kappa shape index (κ1) is 26.4. The molecular formula is C39H36O3. The third-order valence-electron chi connectivity index (χ3n) is 9.02. The molecule has 5 aromatic carbocycles. The van der Waals surface area contributed by atoms with E-state index in [1.54, 1.807) is 7.11 Å². The number of hydrogen-bond acceptors (Lipinski definition) is 3. The number of rotatable bonds is 7. The van der Waals surface area contributed by atoms with Crippen molar-refractivity contribution in [1.82, 2.24) is 0 Å². The van der Waals surface area contributed by atoms with Gasteiger partial charge in [-0.05, 0) is 64.4 Å². The van der Waals surface area contributed by atoms with Crippen LogP contribution in [0.3, 0.4) is 0 Å². The summed E-state index contributed by atoms with van der Waals surface area (Å²) < 4.78 is 18.9. The lowest BCUT2D eigenvalue weighted by Gasteiger charge is -2.38. The van der Waals surface area contributed by atoms with E-state index in [-0.39, 0.29) is 5.41 Å². The van der Waals surface area contributed by atoms with Gasteiger partial charge in [-0.2, -0.15) is 0 Å². The highest BCUT2D eigenvalue weighted by atomic mass is 16.5. The minimum Gasteiger partial charge on any atom is -0.497 e. The van der Waals surface area contributed by atoms with Crippen LogP contribution in [0.5, 0.6) is 17.2 Å². The quantitative estimate of drug-likeness (QED) is 0.188. The van der Waals surface area contributed by atoms with Crippen LogP contribution in [0.2, 0.25) is 0 Å². The fraction of sp³-hybridized carbons (Fsp3) is 0.231. The molecule has 1 heterocycles. The lowest BCUT2D eigenvalue weighted by molar-refractivity contribution is 0.163. The molecule has 210 valence electrons. The fourth-order valence-electron chi connectivity index (χ4n) is 6.85. The van der Waals surface area contributed by atoms with E-state index in [9.17, 15) is 0 Å². The van der Waals surface area contributed by atoms with E-state index in [4.69, 9.17) is 14.2 Å². The van der Waals surface area contributed by atoms with Gasteiger partial charge in [-0.1, -0.05) is 106 Å². The molecule has 0 fully saturated rings. The SMILES string of the molecule is CCCCOc1ccc(C2(c3ccc(OC)cc3)C=Cc3c4c(c5ccccc5c3O2)-c2ccccc2C4(C)C)cc1. The van der Waals surface area contributed by atoms with Gasteiger partial charge in [-0.25, -0.2) is 0 Å². The van der Waals surface area contributed by atoms with Crippen molar-refractivity contribution >= 4 is 16.8 Å². The second kappa shape index (κ2) is 10.1. The number of hydrogen-bond donors (Lipinski definition) is 0. The lowest BCUT2D eigenvalue weighted by atomic mass is 9.77. The number of ether oxygens (including phenoxy) is 3. The second-order valence-corrected chi connectivity index (χ2v) is 11.8. The van der Waals surface area contributed by atoms with Crippen molar-refractivity contribution in [3.8, 4) is 28.4 Å². The number of unbranched alkanes of at least 4 members (excludes halogenated alkanes) is 1. The maximum Gasteiger partial charge on any atom is 0.178 e. The molecule has 1 atom stereocenters. The van der Waals surface area contributed by atoms with Crippen LogP contribution in [0.1, 0.15) is 61.4 Å². The van der Waals surface area contributed by atoms with E-state index in [1.165, 1.54) is 27.6 Å². The molecule has 3 heteroatoms. The van der Waals surface area contributed by atoms with E-state index in [0.29, 0.717) is 0 Å². The molecule has 3 nitrogen and oxygen atoms in total. The maximum atomic E-state index is 7.37.